The van der Waals surface area contributed by atoms with Crippen molar-refractivity contribution in [2.24, 2.45) is 5.10 Å². The number of nitrogens with one attached hydrogen (secondary N) is 1. The van der Waals surface area contributed by atoms with Gasteiger partial charge in [0.2, 0.25) is 0 Å². The largest absolute Gasteiger partial charge is 0.484 e. The highest BCUT2D eigenvalue weighted by Gasteiger charge is 2.09. The number of ether oxygens (including phenoxy) is 2. The van der Waals surface area contributed by atoms with E-state index in [2.05, 4.69) is 10.5 Å². The van der Waals surface area contributed by atoms with Crippen LogP contribution in [0.5, 0.6) is 11.5 Å². The van der Waals surface area contributed by atoms with Crippen LogP contribution in [0.15, 0.2) is 101 Å². The lowest BCUT2D eigenvalue weighted by Gasteiger charge is -2.06. The van der Waals surface area contributed by atoms with Gasteiger partial charge in [0.1, 0.15) is 16.4 Å². The number of nitrogens with zero attached hydrogens (tertiary/aromatic N) is 1. The third-order valence-corrected chi connectivity index (χ3v) is 5.40. The van der Waals surface area contributed by atoms with Gasteiger partial charge in [0, 0.05) is 0 Å². The van der Waals surface area contributed by atoms with E-state index in [0.29, 0.717) is 16.4 Å². The molecule has 0 aliphatic rings. The molecule has 1 aromatic heterocycles. The molecule has 0 saturated heterocycles. The molecule has 0 aliphatic carbocycles. The molecule has 1 heterocycles. The summed E-state index contributed by atoms with van der Waals surface area (Å²) < 4.78 is 10.8. The predicted molar refractivity (Wildman–Crippen MR) is 129 cm³/mol. The number of hydrogen-bond acceptors (Lipinski definition) is 6. The highest BCUT2D eigenvalue weighted by atomic mass is 32.1. The summed E-state index contributed by atoms with van der Waals surface area (Å²) >= 11 is 1.32. The summed E-state index contributed by atoms with van der Waals surface area (Å²) in [6.45, 7) is -0.153. The average Bonchev–Trinajstić information content (AvgIpc) is 3.40. The fraction of sp³-hybridized carbons (Fsp3) is 0.0385. The molecule has 0 radical (unpaired) electrons. The van der Waals surface area contributed by atoms with Crippen molar-refractivity contribution in [3.63, 3.8) is 0 Å². The van der Waals surface area contributed by atoms with Crippen LogP contribution in [0.3, 0.4) is 0 Å². The summed E-state index contributed by atoms with van der Waals surface area (Å²) in [5.41, 5.74) is 5.35. The maximum absolute atomic E-state index is 12.0. The van der Waals surface area contributed by atoms with Crippen molar-refractivity contribution < 1.29 is 19.1 Å². The lowest BCUT2D eigenvalue weighted by atomic mass is 10.1. The van der Waals surface area contributed by atoms with Gasteiger partial charge in [-0.3, -0.25) is 4.79 Å². The van der Waals surface area contributed by atoms with Crippen LogP contribution < -0.4 is 14.9 Å². The molecule has 1 amide bonds. The van der Waals surface area contributed by atoms with Gasteiger partial charge in [-0.05, 0) is 64.5 Å². The summed E-state index contributed by atoms with van der Waals surface area (Å²) in [6, 6.07) is 27.9. The molecule has 7 heteroatoms. The van der Waals surface area contributed by atoms with E-state index < -0.39 is 5.97 Å². The predicted octanol–water partition coefficient (Wildman–Crippen LogP) is 5.16. The quantitative estimate of drug-likeness (QED) is 0.172. The Morgan fingerprint density at radius 2 is 1.52 bits per heavy atom. The number of amides is 1. The topological polar surface area (TPSA) is 77.0 Å². The van der Waals surface area contributed by atoms with Gasteiger partial charge in [0.05, 0.1) is 6.21 Å². The van der Waals surface area contributed by atoms with Gasteiger partial charge in [0.25, 0.3) is 5.91 Å². The van der Waals surface area contributed by atoms with E-state index in [4.69, 9.17) is 9.47 Å². The fourth-order valence-corrected chi connectivity index (χ4v) is 3.51. The molecular weight excluding hydrogens is 436 g/mol. The Kier molecular flexibility index (Phi) is 7.25. The smallest absolute Gasteiger partial charge is 0.353 e. The number of hydrazone groups is 1. The molecule has 6 nitrogen and oxygen atoms in total. The molecule has 4 aromatic rings. The van der Waals surface area contributed by atoms with Gasteiger partial charge in [0.15, 0.2) is 6.61 Å². The molecule has 0 fully saturated rings. The Hall–Kier alpha value is -4.23. The molecular formula is C26H20N2O4S. The zero-order valence-electron chi connectivity index (χ0n) is 17.5. The molecule has 0 spiro atoms. The van der Waals surface area contributed by atoms with Gasteiger partial charge in [-0.1, -0.05) is 48.5 Å². The first kappa shape index (κ1) is 22.0. The van der Waals surface area contributed by atoms with E-state index in [9.17, 15) is 9.59 Å². The summed E-state index contributed by atoms with van der Waals surface area (Å²) in [5, 5.41) is 5.74. The van der Waals surface area contributed by atoms with E-state index in [1.54, 1.807) is 36.4 Å². The number of benzene rings is 3. The Morgan fingerprint density at radius 1 is 0.818 bits per heavy atom. The van der Waals surface area contributed by atoms with Crippen LogP contribution in [0.2, 0.25) is 0 Å². The molecule has 0 saturated carbocycles. The molecule has 0 unspecified atom stereocenters. The van der Waals surface area contributed by atoms with Crippen LogP contribution in [0.25, 0.3) is 11.1 Å². The minimum Gasteiger partial charge on any atom is -0.484 e. The first-order valence-electron chi connectivity index (χ1n) is 10.1. The van der Waals surface area contributed by atoms with Gasteiger partial charge in [-0.25, -0.2) is 10.2 Å². The van der Waals surface area contributed by atoms with Crippen LogP contribution in [-0.4, -0.2) is 24.7 Å². The molecule has 1 N–H and O–H groups in total. The van der Waals surface area contributed by atoms with E-state index in [1.165, 1.54) is 17.6 Å². The standard InChI is InChI=1S/C26H20N2O4S/c29-25(18-31-22-14-10-21(11-15-22)20-5-2-1-3-6-20)28-27-17-19-8-12-23(13-9-19)32-26(30)24-7-4-16-33-24/h1-17H,18H2,(H,28,29)/b27-17-. The minimum absolute atomic E-state index is 0.153. The van der Waals surface area contributed by atoms with Crippen molar-refractivity contribution in [2.75, 3.05) is 6.61 Å². The molecule has 0 bridgehead atoms. The third-order valence-electron chi connectivity index (χ3n) is 4.55. The second-order valence-electron chi connectivity index (χ2n) is 6.91. The first-order valence-corrected chi connectivity index (χ1v) is 11.0. The summed E-state index contributed by atoms with van der Waals surface area (Å²) in [4.78, 5) is 24.5. The number of rotatable bonds is 8. The molecule has 33 heavy (non-hydrogen) atoms. The zero-order chi connectivity index (χ0) is 22.9. The Bertz CT molecular complexity index is 1220. The van der Waals surface area contributed by atoms with E-state index in [1.807, 2.05) is 60.0 Å². The number of hydrogen-bond donors (Lipinski definition) is 1. The van der Waals surface area contributed by atoms with Gasteiger partial charge in [-0.2, -0.15) is 5.10 Å². The van der Waals surface area contributed by atoms with E-state index >= 15 is 0 Å². The normalized spacial score (nSPS) is 10.7. The molecule has 0 aliphatic heterocycles. The van der Waals surface area contributed by atoms with Crippen molar-refractivity contribution >= 4 is 29.4 Å². The Balaban J connectivity index is 1.21. The molecule has 164 valence electrons. The van der Waals surface area contributed by atoms with Crippen molar-refractivity contribution in [2.45, 2.75) is 0 Å². The minimum atomic E-state index is -0.395. The van der Waals surface area contributed by atoms with E-state index in [0.717, 1.165) is 16.7 Å². The fourth-order valence-electron chi connectivity index (χ4n) is 2.91. The van der Waals surface area contributed by atoms with Crippen LogP contribution in [0.1, 0.15) is 15.2 Å². The highest BCUT2D eigenvalue weighted by molar-refractivity contribution is 7.12. The lowest BCUT2D eigenvalue weighted by molar-refractivity contribution is -0.123. The van der Waals surface area contributed by atoms with E-state index in [-0.39, 0.29) is 12.5 Å². The highest BCUT2D eigenvalue weighted by Crippen LogP contribution is 2.22. The number of carbonyl (C=O) groups excluding carboxylic acids is 2. The molecule has 0 atom stereocenters. The Labute approximate surface area is 195 Å². The average molecular weight is 457 g/mol. The maximum atomic E-state index is 12.0. The molecule has 3 aromatic carbocycles. The summed E-state index contributed by atoms with van der Waals surface area (Å²) in [6.07, 6.45) is 1.50. The van der Waals surface area contributed by atoms with Gasteiger partial charge < -0.3 is 9.47 Å². The second-order valence-corrected chi connectivity index (χ2v) is 7.86. The summed E-state index contributed by atoms with van der Waals surface area (Å²) in [5.74, 6) is 0.260. The zero-order valence-corrected chi connectivity index (χ0v) is 18.3. The van der Waals surface area contributed by atoms with Crippen molar-refractivity contribution in [3.05, 3.63) is 107 Å². The lowest BCUT2D eigenvalue weighted by Crippen LogP contribution is -2.24. The van der Waals surface area contributed by atoms with Crippen LogP contribution in [0, 0.1) is 0 Å². The maximum Gasteiger partial charge on any atom is 0.353 e. The summed E-state index contributed by atoms with van der Waals surface area (Å²) in [7, 11) is 0. The van der Waals surface area contributed by atoms with Crippen LogP contribution >= 0.6 is 11.3 Å². The van der Waals surface area contributed by atoms with Gasteiger partial charge in [-0.15, -0.1) is 11.3 Å². The van der Waals surface area contributed by atoms with Crippen molar-refractivity contribution in [1.82, 2.24) is 5.43 Å². The van der Waals surface area contributed by atoms with Crippen LogP contribution in [0.4, 0.5) is 0 Å². The first-order chi connectivity index (χ1) is 16.2. The molecule has 4 rings (SSSR count). The monoisotopic (exact) mass is 456 g/mol. The number of thiophene rings is 1. The third kappa shape index (κ3) is 6.38. The SMILES string of the molecule is O=C(COc1ccc(-c2ccccc2)cc1)N/N=C\c1ccc(OC(=O)c2cccs2)cc1. The Morgan fingerprint density at radius 3 is 2.21 bits per heavy atom. The number of esters is 1. The van der Waals surface area contributed by atoms with Crippen LogP contribution in [-0.2, 0) is 4.79 Å². The number of carbonyl (C=O) groups is 2. The van der Waals surface area contributed by atoms with Crippen molar-refractivity contribution in [1.29, 1.82) is 0 Å². The van der Waals surface area contributed by atoms with Crippen molar-refractivity contribution in [3.8, 4) is 22.6 Å². The van der Waals surface area contributed by atoms with Gasteiger partial charge >= 0.3 is 5.97 Å². The second kappa shape index (κ2) is 10.9.